The molecule has 7 heteroatoms. The number of aliphatic hydroxyl groups is 1. The molecule has 1 unspecified atom stereocenters. The number of rotatable bonds is 5. The smallest absolute Gasteiger partial charge is 0.300 e. The summed E-state index contributed by atoms with van der Waals surface area (Å²) in [6.45, 7) is 2.35. The Morgan fingerprint density at radius 1 is 1.06 bits per heavy atom. The van der Waals surface area contributed by atoms with Crippen molar-refractivity contribution in [1.29, 1.82) is 0 Å². The maximum Gasteiger partial charge on any atom is 0.300 e. The Kier molecular flexibility index (Phi) is 6.35. The third-order valence-corrected chi connectivity index (χ3v) is 5.93. The summed E-state index contributed by atoms with van der Waals surface area (Å²) < 4.78 is 6.45. The zero-order valence-electron chi connectivity index (χ0n) is 17.1. The molecule has 1 atom stereocenters. The number of carbonyl (C=O) groups excluding carboxylic acids is 2. The van der Waals surface area contributed by atoms with Gasteiger partial charge in [0, 0.05) is 20.7 Å². The van der Waals surface area contributed by atoms with Crippen LogP contribution in [-0.2, 0) is 9.59 Å². The number of hydrogen-bond donors (Lipinski definition) is 1. The van der Waals surface area contributed by atoms with Crippen molar-refractivity contribution >= 4 is 50.7 Å². The number of carbonyl (C=O) groups is 2. The van der Waals surface area contributed by atoms with Crippen LogP contribution in [-0.4, -0.2) is 23.4 Å². The van der Waals surface area contributed by atoms with Crippen LogP contribution in [0.2, 0.25) is 5.02 Å². The molecule has 4 rings (SSSR count). The van der Waals surface area contributed by atoms with E-state index in [1.54, 1.807) is 72.8 Å². The number of hydrogen-bond acceptors (Lipinski definition) is 4. The highest BCUT2D eigenvalue weighted by Crippen LogP contribution is 2.43. The molecule has 1 heterocycles. The molecule has 32 heavy (non-hydrogen) atoms. The summed E-state index contributed by atoms with van der Waals surface area (Å²) in [4.78, 5) is 27.7. The second-order valence-electron chi connectivity index (χ2n) is 7.16. The van der Waals surface area contributed by atoms with Crippen molar-refractivity contribution in [1.82, 2.24) is 0 Å². The van der Waals surface area contributed by atoms with Crippen LogP contribution in [0.4, 0.5) is 5.69 Å². The lowest BCUT2D eigenvalue weighted by atomic mass is 9.95. The lowest BCUT2D eigenvalue weighted by Crippen LogP contribution is -2.29. The average molecular weight is 513 g/mol. The summed E-state index contributed by atoms with van der Waals surface area (Å²) >= 11 is 9.39. The van der Waals surface area contributed by atoms with Crippen LogP contribution >= 0.6 is 27.5 Å². The van der Waals surface area contributed by atoms with E-state index in [4.69, 9.17) is 16.3 Å². The number of nitrogens with zero attached hydrogens (tertiary/aromatic N) is 1. The van der Waals surface area contributed by atoms with Crippen molar-refractivity contribution < 1.29 is 19.4 Å². The molecule has 0 aliphatic carbocycles. The minimum atomic E-state index is -0.833. The SMILES string of the molecule is CCOc1cccc(C2/C(=C(/O)c3ccc(Br)cc3)C(=O)C(=O)N2c2ccc(Cl)cc2)c1. The fraction of sp³-hybridized carbons (Fsp3) is 0.120. The van der Waals surface area contributed by atoms with Crippen molar-refractivity contribution in [2.75, 3.05) is 11.5 Å². The van der Waals surface area contributed by atoms with Crippen LogP contribution in [0.1, 0.15) is 24.1 Å². The van der Waals surface area contributed by atoms with Crippen molar-refractivity contribution in [3.05, 3.63) is 99.0 Å². The molecular formula is C25H19BrClNO4. The summed E-state index contributed by atoms with van der Waals surface area (Å²) in [6, 6.07) is 19.9. The van der Waals surface area contributed by atoms with Crippen LogP contribution in [0.3, 0.4) is 0 Å². The van der Waals surface area contributed by atoms with Gasteiger partial charge in [-0.15, -0.1) is 0 Å². The number of aliphatic hydroxyl groups excluding tert-OH is 1. The number of benzene rings is 3. The van der Waals surface area contributed by atoms with E-state index < -0.39 is 17.7 Å². The lowest BCUT2D eigenvalue weighted by molar-refractivity contribution is -0.132. The Morgan fingerprint density at radius 2 is 1.75 bits per heavy atom. The van der Waals surface area contributed by atoms with Crippen LogP contribution < -0.4 is 9.64 Å². The molecule has 0 spiro atoms. The number of ketones is 1. The van der Waals surface area contributed by atoms with Gasteiger partial charge < -0.3 is 9.84 Å². The largest absolute Gasteiger partial charge is 0.507 e. The molecule has 1 fully saturated rings. The molecule has 3 aromatic rings. The highest BCUT2D eigenvalue weighted by molar-refractivity contribution is 9.10. The van der Waals surface area contributed by atoms with Gasteiger partial charge >= 0.3 is 0 Å². The minimum absolute atomic E-state index is 0.0147. The highest BCUT2D eigenvalue weighted by atomic mass is 79.9. The molecule has 0 bridgehead atoms. The van der Waals surface area contributed by atoms with Gasteiger partial charge in [-0.1, -0.05) is 51.8 Å². The first-order valence-electron chi connectivity index (χ1n) is 9.96. The van der Waals surface area contributed by atoms with Gasteiger partial charge in [-0.25, -0.2) is 0 Å². The van der Waals surface area contributed by atoms with Crippen LogP contribution in [0.5, 0.6) is 5.75 Å². The second-order valence-corrected chi connectivity index (χ2v) is 8.51. The molecular weight excluding hydrogens is 494 g/mol. The van der Waals surface area contributed by atoms with E-state index in [1.165, 1.54) is 4.90 Å². The summed E-state index contributed by atoms with van der Waals surface area (Å²) in [6.07, 6.45) is 0. The molecule has 1 aliphatic rings. The van der Waals surface area contributed by atoms with Gasteiger partial charge in [0.1, 0.15) is 11.5 Å². The van der Waals surface area contributed by atoms with E-state index in [1.807, 2.05) is 6.92 Å². The number of halogens is 2. The summed E-state index contributed by atoms with van der Waals surface area (Å²) in [5, 5.41) is 11.6. The predicted octanol–water partition coefficient (Wildman–Crippen LogP) is 6.13. The maximum absolute atomic E-state index is 13.2. The number of anilines is 1. The lowest BCUT2D eigenvalue weighted by Gasteiger charge is -2.26. The quantitative estimate of drug-likeness (QED) is 0.254. The van der Waals surface area contributed by atoms with Crippen molar-refractivity contribution in [2.24, 2.45) is 0 Å². The van der Waals surface area contributed by atoms with E-state index in [-0.39, 0.29) is 11.3 Å². The van der Waals surface area contributed by atoms with E-state index >= 15 is 0 Å². The Hall–Kier alpha value is -3.09. The molecule has 0 aromatic heterocycles. The van der Waals surface area contributed by atoms with Gasteiger partial charge in [0.25, 0.3) is 11.7 Å². The standard InChI is InChI=1S/C25H19BrClNO4/c1-2-32-20-5-3-4-16(14-20)22-21(23(29)15-6-8-17(26)9-7-15)24(30)25(31)28(22)19-12-10-18(27)11-13-19/h3-14,22,29H,2H2,1H3/b23-21-. The van der Waals surface area contributed by atoms with Crippen LogP contribution in [0.25, 0.3) is 5.76 Å². The third kappa shape index (κ3) is 4.16. The number of ether oxygens (including phenoxy) is 1. The van der Waals surface area contributed by atoms with E-state index in [9.17, 15) is 14.7 Å². The van der Waals surface area contributed by atoms with Gasteiger partial charge in [0.05, 0.1) is 18.2 Å². The minimum Gasteiger partial charge on any atom is -0.507 e. The van der Waals surface area contributed by atoms with Crippen molar-refractivity contribution in [3.8, 4) is 5.75 Å². The van der Waals surface area contributed by atoms with E-state index in [0.717, 1.165) is 4.47 Å². The van der Waals surface area contributed by atoms with Crippen LogP contribution in [0, 0.1) is 0 Å². The third-order valence-electron chi connectivity index (χ3n) is 5.15. The average Bonchev–Trinajstić information content (AvgIpc) is 3.05. The maximum atomic E-state index is 13.2. The molecule has 162 valence electrons. The predicted molar refractivity (Wildman–Crippen MR) is 128 cm³/mol. The molecule has 1 saturated heterocycles. The molecule has 3 aromatic carbocycles. The Morgan fingerprint density at radius 3 is 2.41 bits per heavy atom. The van der Waals surface area contributed by atoms with E-state index in [0.29, 0.717) is 34.2 Å². The fourth-order valence-corrected chi connectivity index (χ4v) is 4.11. The van der Waals surface area contributed by atoms with Gasteiger partial charge in [0.15, 0.2) is 0 Å². The zero-order chi connectivity index (χ0) is 22.8. The molecule has 0 saturated carbocycles. The van der Waals surface area contributed by atoms with Gasteiger partial charge in [-0.3, -0.25) is 14.5 Å². The molecule has 1 aliphatic heterocycles. The highest BCUT2D eigenvalue weighted by Gasteiger charge is 2.47. The van der Waals surface area contributed by atoms with Crippen LogP contribution in [0.15, 0.2) is 82.8 Å². The summed E-state index contributed by atoms with van der Waals surface area (Å²) in [5.74, 6) is -1.11. The number of Topliss-reactive ketones (excluding diaryl/α,β-unsaturated/α-hetero) is 1. The second kappa shape index (κ2) is 9.18. The first-order chi connectivity index (χ1) is 15.4. The Labute approximate surface area is 199 Å². The molecule has 5 nitrogen and oxygen atoms in total. The van der Waals surface area contributed by atoms with Crippen molar-refractivity contribution in [3.63, 3.8) is 0 Å². The van der Waals surface area contributed by atoms with Gasteiger partial charge in [-0.05, 0) is 61.0 Å². The van der Waals surface area contributed by atoms with E-state index in [2.05, 4.69) is 15.9 Å². The normalized spacial score (nSPS) is 17.6. The molecule has 1 amide bonds. The first kappa shape index (κ1) is 22.1. The fourth-order valence-electron chi connectivity index (χ4n) is 3.72. The van der Waals surface area contributed by atoms with Crippen molar-refractivity contribution in [2.45, 2.75) is 13.0 Å². The van der Waals surface area contributed by atoms with Gasteiger partial charge in [-0.2, -0.15) is 0 Å². The number of amides is 1. The topological polar surface area (TPSA) is 66.8 Å². The first-order valence-corrected chi connectivity index (χ1v) is 11.1. The van der Waals surface area contributed by atoms with Gasteiger partial charge in [0.2, 0.25) is 0 Å². The summed E-state index contributed by atoms with van der Waals surface area (Å²) in [5.41, 5.74) is 1.59. The molecule has 0 radical (unpaired) electrons. The zero-order valence-corrected chi connectivity index (χ0v) is 19.4. The Balaban J connectivity index is 1.93. The Bertz CT molecular complexity index is 1210. The molecule has 1 N–H and O–H groups in total. The summed E-state index contributed by atoms with van der Waals surface area (Å²) in [7, 11) is 0. The monoisotopic (exact) mass is 511 g/mol.